The minimum absolute atomic E-state index is 0.241. The van der Waals surface area contributed by atoms with E-state index in [2.05, 4.69) is 6.07 Å². The van der Waals surface area contributed by atoms with Gasteiger partial charge in [0.1, 0.15) is 11.5 Å². The lowest BCUT2D eigenvalue weighted by Gasteiger charge is -2.16. The van der Waals surface area contributed by atoms with Gasteiger partial charge in [-0.3, -0.25) is 4.79 Å². The summed E-state index contributed by atoms with van der Waals surface area (Å²) < 4.78 is 28.3. The van der Waals surface area contributed by atoms with E-state index >= 15 is 0 Å². The highest BCUT2D eigenvalue weighted by molar-refractivity contribution is 7.22. The Morgan fingerprint density at radius 3 is 2.06 bits per heavy atom. The van der Waals surface area contributed by atoms with Crippen LogP contribution in [0.15, 0.2) is 54.6 Å². The molecule has 3 aromatic carbocycles. The van der Waals surface area contributed by atoms with Gasteiger partial charge in [0.25, 0.3) is 0 Å². The van der Waals surface area contributed by atoms with Gasteiger partial charge in [-0.25, -0.2) is 0 Å². The molecular weight excluding hydrogens is 440 g/mol. The van der Waals surface area contributed by atoms with Gasteiger partial charge >= 0.3 is 0 Å². The second kappa shape index (κ2) is 9.42. The number of methoxy groups -OCH3 is 5. The topological polar surface area (TPSA) is 63.2 Å². The molecule has 33 heavy (non-hydrogen) atoms. The number of carbonyl (C=O) groups excluding carboxylic acids is 1. The first-order valence-electron chi connectivity index (χ1n) is 10.1. The molecule has 0 spiro atoms. The number of fused-ring (bicyclic) bond motifs is 1. The quantitative estimate of drug-likeness (QED) is 0.305. The summed E-state index contributed by atoms with van der Waals surface area (Å²) in [5.41, 5.74) is 1.70. The van der Waals surface area contributed by atoms with Crippen LogP contribution in [-0.4, -0.2) is 41.3 Å². The molecule has 0 aliphatic heterocycles. The van der Waals surface area contributed by atoms with Gasteiger partial charge in [-0.05, 0) is 65.5 Å². The first kappa shape index (κ1) is 22.5. The van der Waals surface area contributed by atoms with Gasteiger partial charge < -0.3 is 23.7 Å². The molecule has 4 aromatic rings. The van der Waals surface area contributed by atoms with Gasteiger partial charge in [0, 0.05) is 9.58 Å². The van der Waals surface area contributed by atoms with E-state index < -0.39 is 0 Å². The van der Waals surface area contributed by atoms with Crippen molar-refractivity contribution in [3.8, 4) is 39.2 Å². The SMILES string of the molecule is COc1ccc2cc(-c3ccc(OC)c(C(=O)c4ccc(OC)c(OC)c4OC)c3)sc2c1. The van der Waals surface area contributed by atoms with Crippen molar-refractivity contribution in [2.45, 2.75) is 0 Å². The molecule has 170 valence electrons. The number of carbonyl (C=O) groups is 1. The molecule has 0 radical (unpaired) electrons. The van der Waals surface area contributed by atoms with E-state index in [1.165, 1.54) is 21.3 Å². The molecule has 0 fully saturated rings. The fourth-order valence-corrected chi connectivity index (χ4v) is 4.83. The van der Waals surface area contributed by atoms with Crippen molar-refractivity contribution in [1.82, 2.24) is 0 Å². The molecular formula is C26H24O6S. The molecule has 0 saturated heterocycles. The molecule has 0 bridgehead atoms. The summed E-state index contributed by atoms with van der Waals surface area (Å²) in [6.07, 6.45) is 0. The lowest BCUT2D eigenvalue weighted by Crippen LogP contribution is -2.08. The van der Waals surface area contributed by atoms with Crippen LogP contribution in [0.25, 0.3) is 20.5 Å². The molecule has 0 N–H and O–H groups in total. The highest BCUT2D eigenvalue weighted by Crippen LogP contribution is 2.42. The van der Waals surface area contributed by atoms with E-state index in [1.54, 1.807) is 43.8 Å². The maximum absolute atomic E-state index is 13.6. The van der Waals surface area contributed by atoms with Crippen LogP contribution in [0.4, 0.5) is 0 Å². The molecule has 0 atom stereocenters. The van der Waals surface area contributed by atoms with E-state index in [9.17, 15) is 4.79 Å². The Morgan fingerprint density at radius 1 is 0.667 bits per heavy atom. The van der Waals surface area contributed by atoms with Crippen molar-refractivity contribution in [1.29, 1.82) is 0 Å². The summed E-state index contributed by atoms with van der Waals surface area (Å²) >= 11 is 1.63. The van der Waals surface area contributed by atoms with Gasteiger partial charge in [-0.2, -0.15) is 0 Å². The Bertz CT molecular complexity index is 1320. The minimum atomic E-state index is -0.241. The van der Waals surface area contributed by atoms with Crippen molar-refractivity contribution in [2.24, 2.45) is 0 Å². The molecule has 7 heteroatoms. The van der Waals surface area contributed by atoms with Gasteiger partial charge in [0.2, 0.25) is 11.5 Å². The molecule has 0 saturated carbocycles. The Kier molecular flexibility index (Phi) is 6.42. The molecule has 4 rings (SSSR count). The van der Waals surface area contributed by atoms with Crippen LogP contribution in [0.1, 0.15) is 15.9 Å². The number of rotatable bonds is 8. The Labute approximate surface area is 196 Å². The molecule has 6 nitrogen and oxygen atoms in total. The number of hydrogen-bond acceptors (Lipinski definition) is 7. The van der Waals surface area contributed by atoms with Crippen LogP contribution >= 0.6 is 11.3 Å². The van der Waals surface area contributed by atoms with Crippen LogP contribution in [0, 0.1) is 0 Å². The van der Waals surface area contributed by atoms with Crippen LogP contribution in [0.3, 0.4) is 0 Å². The first-order chi connectivity index (χ1) is 16.0. The average Bonchev–Trinajstić information content (AvgIpc) is 3.30. The normalized spacial score (nSPS) is 10.7. The number of ether oxygens (including phenoxy) is 5. The maximum atomic E-state index is 13.6. The number of benzene rings is 3. The summed E-state index contributed by atoms with van der Waals surface area (Å²) in [7, 11) is 7.73. The zero-order valence-electron chi connectivity index (χ0n) is 19.1. The van der Waals surface area contributed by atoms with E-state index in [0.717, 1.165) is 26.3 Å². The predicted molar refractivity (Wildman–Crippen MR) is 130 cm³/mol. The fraction of sp³-hybridized carbons (Fsp3) is 0.192. The van der Waals surface area contributed by atoms with Crippen molar-refractivity contribution >= 4 is 27.2 Å². The largest absolute Gasteiger partial charge is 0.497 e. The van der Waals surface area contributed by atoms with E-state index in [4.69, 9.17) is 23.7 Å². The zero-order chi connectivity index (χ0) is 23.5. The molecule has 0 aliphatic carbocycles. The number of thiophene rings is 1. The van der Waals surface area contributed by atoms with Crippen LogP contribution in [-0.2, 0) is 0 Å². The van der Waals surface area contributed by atoms with Gasteiger partial charge in [0.05, 0.1) is 46.7 Å². The van der Waals surface area contributed by atoms with Crippen LogP contribution in [0.5, 0.6) is 28.7 Å². The average molecular weight is 465 g/mol. The first-order valence-corrected chi connectivity index (χ1v) is 11.0. The van der Waals surface area contributed by atoms with E-state index in [1.807, 2.05) is 30.3 Å². The molecule has 0 amide bonds. The summed E-state index contributed by atoms with van der Waals surface area (Å²) in [6.45, 7) is 0. The third-order valence-electron chi connectivity index (χ3n) is 5.40. The minimum Gasteiger partial charge on any atom is -0.497 e. The van der Waals surface area contributed by atoms with Gasteiger partial charge in [-0.15, -0.1) is 11.3 Å². The smallest absolute Gasteiger partial charge is 0.204 e. The second-order valence-corrected chi connectivity index (χ2v) is 8.22. The van der Waals surface area contributed by atoms with Crippen molar-refractivity contribution in [3.05, 3.63) is 65.7 Å². The standard InChI is InChI=1S/C26H24O6S/c1-28-17-8-6-16-13-22(33-23(16)14-17)15-7-10-20(29-2)19(12-15)24(27)18-9-11-21(30-3)26(32-5)25(18)31-4/h6-14H,1-5H3. The van der Waals surface area contributed by atoms with Gasteiger partial charge in [-0.1, -0.05) is 0 Å². The molecule has 1 aromatic heterocycles. The Hall–Kier alpha value is -3.71. The van der Waals surface area contributed by atoms with Gasteiger partial charge in [0.15, 0.2) is 11.5 Å². The number of ketones is 1. The number of hydrogen-bond donors (Lipinski definition) is 0. The third kappa shape index (κ3) is 4.07. The zero-order valence-corrected chi connectivity index (χ0v) is 19.9. The fourth-order valence-electron chi connectivity index (χ4n) is 3.74. The summed E-state index contributed by atoms with van der Waals surface area (Å²) in [5.74, 6) is 2.19. The lowest BCUT2D eigenvalue weighted by molar-refractivity contribution is 0.103. The lowest BCUT2D eigenvalue weighted by atomic mass is 9.98. The van der Waals surface area contributed by atoms with Crippen LogP contribution in [0.2, 0.25) is 0 Å². The Balaban J connectivity index is 1.82. The summed E-state index contributed by atoms with van der Waals surface area (Å²) in [4.78, 5) is 14.7. The monoisotopic (exact) mass is 464 g/mol. The second-order valence-electron chi connectivity index (χ2n) is 7.14. The predicted octanol–water partition coefficient (Wildman–Crippen LogP) is 5.84. The molecule has 0 unspecified atom stereocenters. The molecule has 1 heterocycles. The highest BCUT2D eigenvalue weighted by atomic mass is 32.1. The highest BCUT2D eigenvalue weighted by Gasteiger charge is 2.24. The third-order valence-corrected chi connectivity index (χ3v) is 6.55. The van der Waals surface area contributed by atoms with E-state index in [0.29, 0.717) is 34.1 Å². The van der Waals surface area contributed by atoms with Crippen LogP contribution < -0.4 is 23.7 Å². The van der Waals surface area contributed by atoms with Crippen molar-refractivity contribution < 1.29 is 28.5 Å². The summed E-state index contributed by atoms with van der Waals surface area (Å²) in [6, 6.07) is 17.0. The maximum Gasteiger partial charge on any atom is 0.204 e. The van der Waals surface area contributed by atoms with E-state index in [-0.39, 0.29) is 5.78 Å². The Morgan fingerprint density at radius 2 is 1.39 bits per heavy atom. The van der Waals surface area contributed by atoms with Crippen molar-refractivity contribution in [3.63, 3.8) is 0 Å². The van der Waals surface area contributed by atoms with Crippen molar-refractivity contribution in [2.75, 3.05) is 35.5 Å². The molecule has 0 aliphatic rings. The summed E-state index contributed by atoms with van der Waals surface area (Å²) in [5, 5.41) is 1.11.